The number of amides is 1. The van der Waals surface area contributed by atoms with Gasteiger partial charge in [-0.1, -0.05) is 34.3 Å². The molecule has 0 aliphatic carbocycles. The molecular weight excluding hydrogens is 382 g/mol. The van der Waals surface area contributed by atoms with Crippen LogP contribution < -0.4 is 4.80 Å². The molecule has 0 aliphatic rings. The topological polar surface area (TPSA) is 77.5 Å². The van der Waals surface area contributed by atoms with Gasteiger partial charge in [-0.25, -0.2) is 0 Å². The Morgan fingerprint density at radius 2 is 2.16 bits per heavy atom. The van der Waals surface area contributed by atoms with Crippen molar-refractivity contribution in [3.8, 4) is 0 Å². The van der Waals surface area contributed by atoms with Crippen LogP contribution in [0.25, 0.3) is 16.3 Å². The lowest BCUT2D eigenvalue weighted by Crippen LogP contribution is -2.15. The summed E-state index contributed by atoms with van der Waals surface area (Å²) in [5, 5.41) is 11.3. The van der Waals surface area contributed by atoms with E-state index >= 15 is 0 Å². The van der Waals surface area contributed by atoms with Crippen LogP contribution in [0, 0.1) is 10.1 Å². The molecule has 2 heterocycles. The van der Waals surface area contributed by atoms with E-state index in [2.05, 4.69) is 4.99 Å². The van der Waals surface area contributed by atoms with Crippen LogP contribution in [0.4, 0.5) is 5.00 Å². The number of aromatic nitrogens is 1. The Morgan fingerprint density at radius 3 is 2.84 bits per heavy atom. The number of nitro groups is 1. The quantitative estimate of drug-likeness (QED) is 0.372. The second-order valence-corrected chi connectivity index (χ2v) is 7.50. The lowest BCUT2D eigenvalue weighted by Gasteiger charge is -1.99. The van der Waals surface area contributed by atoms with Gasteiger partial charge in [0.1, 0.15) is 0 Å². The summed E-state index contributed by atoms with van der Waals surface area (Å²) in [5.74, 6) is -0.420. The lowest BCUT2D eigenvalue weighted by atomic mass is 10.3. The highest BCUT2D eigenvalue weighted by molar-refractivity contribution is 7.16. The van der Waals surface area contributed by atoms with Crippen molar-refractivity contribution >= 4 is 61.5 Å². The number of nitrogens with zero attached hydrogens (tertiary/aromatic N) is 3. The summed E-state index contributed by atoms with van der Waals surface area (Å²) in [7, 11) is 0. The first-order chi connectivity index (χ1) is 12.0. The molecule has 1 aromatic carbocycles. The number of benzene rings is 1. The van der Waals surface area contributed by atoms with Gasteiger partial charge in [0.2, 0.25) is 0 Å². The Labute approximate surface area is 155 Å². The van der Waals surface area contributed by atoms with Gasteiger partial charge in [0, 0.05) is 28.6 Å². The van der Waals surface area contributed by atoms with Gasteiger partial charge < -0.3 is 4.57 Å². The molecule has 0 fully saturated rings. The number of fused-ring (bicyclic) bond motifs is 1. The van der Waals surface area contributed by atoms with Crippen LogP contribution in [0.15, 0.2) is 41.4 Å². The molecule has 0 unspecified atom stereocenters. The second kappa shape index (κ2) is 7.30. The third kappa shape index (κ3) is 3.87. The van der Waals surface area contributed by atoms with E-state index in [1.54, 1.807) is 12.1 Å². The second-order valence-electron chi connectivity index (χ2n) is 4.96. The maximum Gasteiger partial charge on any atom is 0.324 e. The van der Waals surface area contributed by atoms with Crippen LogP contribution in [0.2, 0.25) is 5.02 Å². The normalized spacial score (nSPS) is 12.3. The first-order valence-corrected chi connectivity index (χ1v) is 9.29. The standard InChI is InChI=1S/C16H12ClN3O3S2/c1-2-19-12-6-3-10(17)9-13(12)25-16(19)18-14(21)7-4-11-5-8-15(24-11)20(22)23/h3-9H,2H2,1H3. The molecule has 9 heteroatoms. The molecular formula is C16H12ClN3O3S2. The first-order valence-electron chi connectivity index (χ1n) is 7.28. The Bertz CT molecular complexity index is 1060. The van der Waals surface area contributed by atoms with Crippen LogP contribution in [0.1, 0.15) is 11.8 Å². The molecule has 1 amide bonds. The van der Waals surface area contributed by atoms with Crippen molar-refractivity contribution in [2.24, 2.45) is 4.99 Å². The molecule has 0 spiro atoms. The third-order valence-corrected chi connectivity index (χ3v) is 5.63. The zero-order valence-electron chi connectivity index (χ0n) is 13.0. The fraction of sp³-hybridized carbons (Fsp3) is 0.125. The minimum absolute atomic E-state index is 0.0363. The molecule has 25 heavy (non-hydrogen) atoms. The van der Waals surface area contributed by atoms with Crippen LogP contribution >= 0.6 is 34.3 Å². The van der Waals surface area contributed by atoms with Gasteiger partial charge >= 0.3 is 5.00 Å². The lowest BCUT2D eigenvalue weighted by molar-refractivity contribution is -0.380. The highest BCUT2D eigenvalue weighted by atomic mass is 35.5. The van der Waals surface area contributed by atoms with Crippen LogP contribution in [0.5, 0.6) is 0 Å². The summed E-state index contributed by atoms with van der Waals surface area (Å²) < 4.78 is 2.90. The molecule has 3 aromatic rings. The van der Waals surface area contributed by atoms with Gasteiger partial charge in [0.05, 0.1) is 15.1 Å². The van der Waals surface area contributed by atoms with Gasteiger partial charge in [-0.2, -0.15) is 4.99 Å². The third-order valence-electron chi connectivity index (χ3n) is 3.35. The Hall–Kier alpha value is -2.29. The van der Waals surface area contributed by atoms with Crippen molar-refractivity contribution in [3.63, 3.8) is 0 Å². The fourth-order valence-electron chi connectivity index (χ4n) is 2.25. The van der Waals surface area contributed by atoms with Gasteiger partial charge in [-0.3, -0.25) is 14.9 Å². The summed E-state index contributed by atoms with van der Waals surface area (Å²) in [6.07, 6.45) is 2.84. The summed E-state index contributed by atoms with van der Waals surface area (Å²) in [5.41, 5.74) is 0.973. The molecule has 128 valence electrons. The van der Waals surface area contributed by atoms with Crippen molar-refractivity contribution in [2.75, 3.05) is 0 Å². The zero-order chi connectivity index (χ0) is 18.0. The predicted octanol–water partition coefficient (Wildman–Crippen LogP) is 4.49. The molecule has 0 saturated heterocycles. The van der Waals surface area contributed by atoms with Crippen molar-refractivity contribution in [3.05, 3.63) is 61.2 Å². The SMILES string of the molecule is CCn1c(=NC(=O)C=Cc2ccc([N+](=O)[O-])s2)sc2cc(Cl)ccc21. The molecule has 0 atom stereocenters. The molecule has 0 saturated carbocycles. The Kier molecular flexibility index (Phi) is 5.12. The smallest absolute Gasteiger partial charge is 0.317 e. The predicted molar refractivity (Wildman–Crippen MR) is 101 cm³/mol. The number of carbonyl (C=O) groups excluding carboxylic acids is 1. The maximum absolute atomic E-state index is 12.1. The van der Waals surface area contributed by atoms with E-state index in [1.165, 1.54) is 29.6 Å². The fourth-order valence-corrected chi connectivity index (χ4v) is 4.35. The number of carbonyl (C=O) groups is 1. The van der Waals surface area contributed by atoms with E-state index in [-0.39, 0.29) is 5.00 Å². The van der Waals surface area contributed by atoms with Gasteiger partial charge in [-0.05, 0) is 37.3 Å². The monoisotopic (exact) mass is 393 g/mol. The van der Waals surface area contributed by atoms with Crippen LogP contribution in [-0.4, -0.2) is 15.4 Å². The average molecular weight is 394 g/mol. The molecule has 2 aromatic heterocycles. The van der Waals surface area contributed by atoms with Crippen molar-refractivity contribution in [1.82, 2.24) is 4.57 Å². The number of aryl methyl sites for hydroxylation is 1. The molecule has 0 bridgehead atoms. The van der Waals surface area contributed by atoms with Crippen molar-refractivity contribution in [1.29, 1.82) is 0 Å². The summed E-state index contributed by atoms with van der Waals surface area (Å²) in [6.45, 7) is 2.65. The molecule has 0 radical (unpaired) electrons. The van der Waals surface area contributed by atoms with Gasteiger partial charge in [0.25, 0.3) is 5.91 Å². The van der Waals surface area contributed by atoms with E-state index in [0.717, 1.165) is 21.6 Å². The van der Waals surface area contributed by atoms with Crippen molar-refractivity contribution < 1.29 is 9.72 Å². The molecule has 0 aliphatic heterocycles. The van der Waals surface area contributed by atoms with Crippen molar-refractivity contribution in [2.45, 2.75) is 13.5 Å². The largest absolute Gasteiger partial charge is 0.324 e. The summed E-state index contributed by atoms with van der Waals surface area (Å²) in [6, 6.07) is 8.56. The number of rotatable bonds is 4. The van der Waals surface area contributed by atoms with Gasteiger partial charge in [-0.15, -0.1) is 0 Å². The Balaban J connectivity index is 1.91. The van der Waals surface area contributed by atoms with E-state index in [4.69, 9.17) is 11.6 Å². The number of hydrogen-bond donors (Lipinski definition) is 0. The number of hydrogen-bond acceptors (Lipinski definition) is 5. The number of thiophene rings is 1. The highest BCUT2D eigenvalue weighted by Crippen LogP contribution is 2.25. The zero-order valence-corrected chi connectivity index (χ0v) is 15.4. The summed E-state index contributed by atoms with van der Waals surface area (Å²) >= 11 is 8.41. The minimum Gasteiger partial charge on any atom is -0.317 e. The maximum atomic E-state index is 12.1. The average Bonchev–Trinajstić information content (AvgIpc) is 3.16. The summed E-state index contributed by atoms with van der Waals surface area (Å²) in [4.78, 5) is 27.7. The first kappa shape index (κ1) is 17.5. The van der Waals surface area contributed by atoms with Crippen LogP contribution in [0.3, 0.4) is 0 Å². The van der Waals surface area contributed by atoms with E-state index in [0.29, 0.717) is 21.2 Å². The minimum atomic E-state index is -0.458. The molecule has 6 nitrogen and oxygen atoms in total. The Morgan fingerprint density at radius 1 is 1.36 bits per heavy atom. The van der Waals surface area contributed by atoms with E-state index in [1.807, 2.05) is 23.6 Å². The molecule has 0 N–H and O–H groups in total. The van der Waals surface area contributed by atoms with E-state index < -0.39 is 10.8 Å². The van der Waals surface area contributed by atoms with E-state index in [9.17, 15) is 14.9 Å². The number of thiazole rings is 1. The van der Waals surface area contributed by atoms with Crippen LogP contribution in [-0.2, 0) is 11.3 Å². The van der Waals surface area contributed by atoms with Gasteiger partial charge in [0.15, 0.2) is 4.80 Å². The number of halogens is 1. The highest BCUT2D eigenvalue weighted by Gasteiger charge is 2.09. The molecule has 3 rings (SSSR count).